The molecule has 1 aliphatic rings. The van der Waals surface area contributed by atoms with Gasteiger partial charge in [-0.3, -0.25) is 4.79 Å². The van der Waals surface area contributed by atoms with E-state index in [4.69, 9.17) is 23.2 Å². The van der Waals surface area contributed by atoms with Crippen LogP contribution in [0.25, 0.3) is 17.8 Å². The summed E-state index contributed by atoms with van der Waals surface area (Å²) in [7, 11) is 0. The largest absolute Gasteiger partial charge is 0.406 e. The van der Waals surface area contributed by atoms with Crippen LogP contribution in [0, 0.1) is 0 Å². The minimum absolute atomic E-state index is 0.00470. The maximum Gasteiger partial charge on any atom is 0.406 e. The van der Waals surface area contributed by atoms with E-state index < -0.39 is 18.6 Å². The Bertz CT molecular complexity index is 1140. The Labute approximate surface area is 180 Å². The second kappa shape index (κ2) is 7.81. The third-order valence-electron chi connectivity index (χ3n) is 4.62. The van der Waals surface area contributed by atoms with E-state index >= 15 is 0 Å². The Morgan fingerprint density at radius 3 is 2.40 bits per heavy atom. The van der Waals surface area contributed by atoms with Gasteiger partial charge in [0.05, 0.1) is 22.9 Å². The number of aromatic nitrogens is 2. The smallest absolute Gasteiger partial charge is 0.324 e. The van der Waals surface area contributed by atoms with Crippen molar-refractivity contribution in [2.24, 2.45) is 0 Å². The monoisotopic (exact) mass is 451 g/mol. The molecule has 0 unspecified atom stereocenters. The second-order valence-electron chi connectivity index (χ2n) is 6.74. The van der Waals surface area contributed by atoms with Crippen LogP contribution in [0.5, 0.6) is 0 Å². The molecule has 3 aromatic rings. The molecular formula is C21H14Cl2F3N3O. The number of fused-ring (bicyclic) bond motifs is 1. The van der Waals surface area contributed by atoms with Crippen LogP contribution >= 0.6 is 23.2 Å². The molecule has 4 nitrogen and oxygen atoms in total. The number of hydrogen-bond donors (Lipinski definition) is 0. The van der Waals surface area contributed by atoms with Gasteiger partial charge in [0.25, 0.3) is 5.91 Å². The van der Waals surface area contributed by atoms with E-state index in [0.717, 1.165) is 10.5 Å². The molecule has 1 aliphatic heterocycles. The van der Waals surface area contributed by atoms with Crippen molar-refractivity contribution in [3.05, 3.63) is 81.1 Å². The van der Waals surface area contributed by atoms with Gasteiger partial charge in [0.2, 0.25) is 0 Å². The number of nitrogens with zero attached hydrogens (tertiary/aromatic N) is 3. The summed E-state index contributed by atoms with van der Waals surface area (Å²) < 4.78 is 40.0. The Morgan fingerprint density at radius 1 is 1.03 bits per heavy atom. The fourth-order valence-corrected chi connectivity index (χ4v) is 3.62. The lowest BCUT2D eigenvalue weighted by atomic mass is 10.1. The minimum atomic E-state index is -4.49. The molecule has 0 N–H and O–H groups in total. The summed E-state index contributed by atoms with van der Waals surface area (Å²) in [5, 5.41) is 5.30. The third kappa shape index (κ3) is 4.08. The summed E-state index contributed by atoms with van der Waals surface area (Å²) in [6.07, 6.45) is -1.00. The van der Waals surface area contributed by atoms with Crippen LogP contribution in [-0.2, 0) is 6.54 Å². The van der Waals surface area contributed by atoms with Gasteiger partial charge in [-0.05, 0) is 35.9 Å². The molecule has 2 aromatic carbocycles. The Morgan fingerprint density at radius 2 is 1.73 bits per heavy atom. The predicted molar refractivity (Wildman–Crippen MR) is 110 cm³/mol. The molecule has 0 saturated heterocycles. The normalized spacial score (nSPS) is 14.0. The average molecular weight is 452 g/mol. The average Bonchev–Trinajstić information content (AvgIpc) is 3.17. The number of rotatable bonds is 4. The molecule has 9 heteroatoms. The quantitative estimate of drug-likeness (QED) is 0.497. The maximum absolute atomic E-state index is 12.8. The van der Waals surface area contributed by atoms with Crippen molar-refractivity contribution >= 4 is 41.3 Å². The summed E-state index contributed by atoms with van der Waals surface area (Å²) in [6, 6.07) is 14.0. The molecular weight excluding hydrogens is 438 g/mol. The lowest BCUT2D eigenvalue weighted by molar-refractivity contribution is -0.141. The van der Waals surface area contributed by atoms with Crippen molar-refractivity contribution in [1.82, 2.24) is 14.7 Å². The van der Waals surface area contributed by atoms with Crippen LogP contribution in [0.2, 0.25) is 10.0 Å². The van der Waals surface area contributed by atoms with Gasteiger partial charge in [-0.25, -0.2) is 4.68 Å². The molecule has 0 atom stereocenters. The van der Waals surface area contributed by atoms with E-state index in [9.17, 15) is 18.0 Å². The van der Waals surface area contributed by atoms with Crippen LogP contribution in [0.4, 0.5) is 13.2 Å². The lowest BCUT2D eigenvalue weighted by Gasteiger charge is -2.18. The SMILES string of the molecule is O=C1c2nn(-c3ccccc3Cl)c(/C=C/c3ccc(Cl)cc3)c2CN1CC(F)(F)F. The summed E-state index contributed by atoms with van der Waals surface area (Å²) in [5.74, 6) is -0.755. The first-order chi connectivity index (χ1) is 14.2. The third-order valence-corrected chi connectivity index (χ3v) is 5.19. The Balaban J connectivity index is 1.79. The number of benzene rings is 2. The topological polar surface area (TPSA) is 38.1 Å². The summed E-state index contributed by atoms with van der Waals surface area (Å²) >= 11 is 12.2. The number of alkyl halides is 3. The van der Waals surface area contributed by atoms with Gasteiger partial charge < -0.3 is 4.90 Å². The van der Waals surface area contributed by atoms with E-state index in [2.05, 4.69) is 5.10 Å². The number of para-hydroxylation sites is 1. The molecule has 0 radical (unpaired) electrons. The van der Waals surface area contributed by atoms with Gasteiger partial charge in [0, 0.05) is 10.6 Å². The number of hydrogen-bond acceptors (Lipinski definition) is 2. The van der Waals surface area contributed by atoms with Gasteiger partial charge in [-0.2, -0.15) is 18.3 Å². The summed E-state index contributed by atoms with van der Waals surface area (Å²) in [6.45, 7) is -1.51. The fourth-order valence-electron chi connectivity index (χ4n) is 3.28. The van der Waals surface area contributed by atoms with Crippen molar-refractivity contribution in [3.63, 3.8) is 0 Å². The van der Waals surface area contributed by atoms with E-state index in [1.807, 2.05) is 0 Å². The molecule has 0 saturated carbocycles. The standard InChI is InChI=1S/C21H14Cl2F3N3O/c22-14-8-5-13(6-9-14)7-10-17-15-11-28(12-21(24,25)26)20(30)19(15)27-29(17)18-4-2-1-3-16(18)23/h1-10H,11-12H2/b10-7+. The number of halogens is 5. The first-order valence-electron chi connectivity index (χ1n) is 8.89. The van der Waals surface area contributed by atoms with Gasteiger partial charge in [0.15, 0.2) is 5.69 Å². The van der Waals surface area contributed by atoms with E-state index in [0.29, 0.717) is 27.0 Å². The summed E-state index contributed by atoms with van der Waals surface area (Å²) in [4.78, 5) is 13.3. The van der Waals surface area contributed by atoms with Crippen LogP contribution in [0.1, 0.15) is 27.3 Å². The van der Waals surface area contributed by atoms with Crippen molar-refractivity contribution in [2.75, 3.05) is 6.54 Å². The molecule has 0 bridgehead atoms. The van der Waals surface area contributed by atoms with Crippen molar-refractivity contribution < 1.29 is 18.0 Å². The molecule has 4 rings (SSSR count). The zero-order chi connectivity index (χ0) is 21.5. The number of carbonyl (C=O) groups is 1. The molecule has 0 aliphatic carbocycles. The highest BCUT2D eigenvalue weighted by Crippen LogP contribution is 2.32. The maximum atomic E-state index is 12.8. The molecule has 0 fully saturated rings. The van der Waals surface area contributed by atoms with E-state index in [1.54, 1.807) is 60.7 Å². The lowest BCUT2D eigenvalue weighted by Crippen LogP contribution is -2.35. The first kappa shape index (κ1) is 20.5. The number of carbonyl (C=O) groups excluding carboxylic acids is 1. The molecule has 0 spiro atoms. The molecule has 1 amide bonds. The minimum Gasteiger partial charge on any atom is -0.324 e. The van der Waals surface area contributed by atoms with Crippen molar-refractivity contribution in [1.29, 1.82) is 0 Å². The zero-order valence-corrected chi connectivity index (χ0v) is 16.8. The fraction of sp³-hybridized carbons (Fsp3) is 0.143. The Hall–Kier alpha value is -2.77. The Kier molecular flexibility index (Phi) is 5.34. The second-order valence-corrected chi connectivity index (χ2v) is 7.58. The van der Waals surface area contributed by atoms with Gasteiger partial charge in [-0.15, -0.1) is 0 Å². The van der Waals surface area contributed by atoms with Crippen LogP contribution in [-0.4, -0.2) is 33.3 Å². The predicted octanol–water partition coefficient (Wildman–Crippen LogP) is 5.87. The van der Waals surface area contributed by atoms with Crippen LogP contribution in [0.3, 0.4) is 0 Å². The zero-order valence-electron chi connectivity index (χ0n) is 15.3. The van der Waals surface area contributed by atoms with Gasteiger partial charge in [-0.1, -0.05) is 53.5 Å². The van der Waals surface area contributed by atoms with Crippen molar-refractivity contribution in [3.8, 4) is 5.69 Å². The van der Waals surface area contributed by atoms with Crippen LogP contribution < -0.4 is 0 Å². The number of amides is 1. The summed E-state index contributed by atoms with van der Waals surface area (Å²) in [5.41, 5.74) is 2.27. The van der Waals surface area contributed by atoms with Crippen LogP contribution in [0.15, 0.2) is 48.5 Å². The van der Waals surface area contributed by atoms with Gasteiger partial charge >= 0.3 is 6.18 Å². The molecule has 2 heterocycles. The van der Waals surface area contributed by atoms with Crippen molar-refractivity contribution in [2.45, 2.75) is 12.7 Å². The highest BCUT2D eigenvalue weighted by molar-refractivity contribution is 6.32. The van der Waals surface area contributed by atoms with E-state index in [-0.39, 0.29) is 12.2 Å². The molecule has 30 heavy (non-hydrogen) atoms. The van der Waals surface area contributed by atoms with E-state index in [1.165, 1.54) is 4.68 Å². The van der Waals surface area contributed by atoms with Gasteiger partial charge in [0.1, 0.15) is 6.54 Å². The highest BCUT2D eigenvalue weighted by atomic mass is 35.5. The molecule has 1 aromatic heterocycles. The first-order valence-corrected chi connectivity index (χ1v) is 9.65. The molecule has 154 valence electrons. The highest BCUT2D eigenvalue weighted by Gasteiger charge is 2.40.